The van der Waals surface area contributed by atoms with Crippen LogP contribution in [-0.4, -0.2) is 58.9 Å². The van der Waals surface area contributed by atoms with Gasteiger partial charge in [-0.3, -0.25) is 15.3 Å². The Labute approximate surface area is 188 Å². The Morgan fingerprint density at radius 2 is 2.03 bits per heavy atom. The van der Waals surface area contributed by atoms with Crippen LogP contribution in [-0.2, 0) is 0 Å². The molecule has 0 aromatic carbocycles. The van der Waals surface area contributed by atoms with Crippen LogP contribution in [0.25, 0.3) is 10.9 Å². The summed E-state index contributed by atoms with van der Waals surface area (Å²) < 4.78 is 5.66. The molecule has 0 aliphatic carbocycles. The Morgan fingerprint density at radius 1 is 1.22 bits per heavy atom. The number of aromatic nitrogens is 2. The first kappa shape index (κ1) is 21.2. The molecule has 5 atom stereocenters. The Bertz CT molecular complexity index is 993. The van der Waals surface area contributed by atoms with E-state index in [2.05, 4.69) is 44.4 Å². The number of fused-ring (bicyclic) bond motifs is 3. The lowest BCUT2D eigenvalue weighted by Gasteiger charge is -2.39. The molecule has 0 saturated carbocycles. The van der Waals surface area contributed by atoms with E-state index < -0.39 is 0 Å². The molecule has 4 N–H and O–H groups in total. The fraction of sp³-hybridized carbons (Fsp3) is 0.609. The number of nitrogens with zero attached hydrogens (tertiary/aromatic N) is 4. The molecule has 9 heteroatoms. The molecule has 3 unspecified atom stereocenters. The molecule has 5 rings (SSSR count). The number of pyridine rings is 2. The molecule has 0 amide bonds. The molecule has 3 fully saturated rings. The third kappa shape index (κ3) is 4.18. The standard InChI is InChI=1S/C23H32N8O/c1-14-10-21(30-29-14)27-20-13-18-22(19(32-2)6-8-25-18)23(28-20)26-15-11-16-4-5-17(12-15)31(16)9-3-7-24/h6,8,13-17,21,29-30H,3-5,9-12H2,1-2H3,(H2,26,27,28)/t14?,15?,16-,17+,21?. The van der Waals surface area contributed by atoms with Crippen molar-refractivity contribution in [2.75, 3.05) is 24.3 Å². The van der Waals surface area contributed by atoms with Gasteiger partial charge in [0.25, 0.3) is 0 Å². The van der Waals surface area contributed by atoms with E-state index in [0.717, 1.165) is 54.1 Å². The van der Waals surface area contributed by atoms with Gasteiger partial charge in [0, 0.05) is 49.4 Å². The fourth-order valence-electron chi connectivity index (χ4n) is 5.61. The quantitative estimate of drug-likeness (QED) is 0.520. The van der Waals surface area contributed by atoms with Crippen LogP contribution in [0.15, 0.2) is 18.3 Å². The molecular weight excluding hydrogens is 404 g/mol. The van der Waals surface area contributed by atoms with Crippen LogP contribution < -0.4 is 26.2 Å². The highest BCUT2D eigenvalue weighted by molar-refractivity contribution is 5.96. The summed E-state index contributed by atoms with van der Waals surface area (Å²) in [5.41, 5.74) is 7.38. The lowest BCUT2D eigenvalue weighted by molar-refractivity contribution is 0.136. The van der Waals surface area contributed by atoms with Crippen molar-refractivity contribution in [2.45, 2.75) is 75.8 Å². The Kier molecular flexibility index (Phi) is 6.00. The normalized spacial score (nSPS) is 29.7. The van der Waals surface area contributed by atoms with E-state index in [4.69, 9.17) is 15.0 Å². The molecule has 0 spiro atoms. The second kappa shape index (κ2) is 9.06. The van der Waals surface area contributed by atoms with Crippen LogP contribution in [0.5, 0.6) is 5.75 Å². The second-order valence-electron chi connectivity index (χ2n) is 9.23. The average molecular weight is 437 g/mol. The summed E-state index contributed by atoms with van der Waals surface area (Å²) in [6.45, 7) is 3.04. The maximum atomic E-state index is 9.00. The number of methoxy groups -OCH3 is 1. The van der Waals surface area contributed by atoms with Gasteiger partial charge in [-0.15, -0.1) is 0 Å². The SMILES string of the molecule is COc1ccnc2cc(NC3CC(C)NN3)nc(NC3C[C@H]4CC[C@@H](C3)N4CCC#N)c12. The lowest BCUT2D eigenvalue weighted by Crippen LogP contribution is -2.47. The first-order chi connectivity index (χ1) is 15.6. The molecule has 170 valence electrons. The van der Waals surface area contributed by atoms with Crippen LogP contribution in [0.1, 0.15) is 45.4 Å². The summed E-state index contributed by atoms with van der Waals surface area (Å²) >= 11 is 0. The van der Waals surface area contributed by atoms with Crippen LogP contribution >= 0.6 is 0 Å². The van der Waals surface area contributed by atoms with E-state index in [-0.39, 0.29) is 6.17 Å². The molecule has 32 heavy (non-hydrogen) atoms. The van der Waals surface area contributed by atoms with Crippen LogP contribution in [0.2, 0.25) is 0 Å². The minimum Gasteiger partial charge on any atom is -0.496 e. The summed E-state index contributed by atoms with van der Waals surface area (Å²) in [4.78, 5) is 12.1. The lowest BCUT2D eigenvalue weighted by atomic mass is 9.97. The number of ether oxygens (including phenoxy) is 1. The Morgan fingerprint density at radius 3 is 2.72 bits per heavy atom. The van der Waals surface area contributed by atoms with Gasteiger partial charge in [-0.2, -0.15) is 5.26 Å². The molecular formula is C23H32N8O. The number of rotatable bonds is 7. The maximum Gasteiger partial charge on any atom is 0.141 e. The highest BCUT2D eigenvalue weighted by Crippen LogP contribution is 2.38. The topological polar surface area (TPSA) is 110 Å². The summed E-state index contributed by atoms with van der Waals surface area (Å²) in [6, 6.07) is 8.02. The molecule has 5 heterocycles. The first-order valence-electron chi connectivity index (χ1n) is 11.6. The van der Waals surface area contributed by atoms with Crippen LogP contribution in [0.4, 0.5) is 11.6 Å². The van der Waals surface area contributed by atoms with Crippen molar-refractivity contribution < 1.29 is 4.74 Å². The van der Waals surface area contributed by atoms with E-state index in [0.29, 0.717) is 30.6 Å². The average Bonchev–Trinajstić information content (AvgIpc) is 3.30. The monoisotopic (exact) mass is 436 g/mol. The van der Waals surface area contributed by atoms with Gasteiger partial charge in [0.1, 0.15) is 17.4 Å². The molecule has 2 bridgehead atoms. The van der Waals surface area contributed by atoms with Gasteiger partial charge in [0.15, 0.2) is 0 Å². The van der Waals surface area contributed by atoms with Gasteiger partial charge in [-0.1, -0.05) is 0 Å². The fourth-order valence-corrected chi connectivity index (χ4v) is 5.61. The van der Waals surface area contributed by atoms with Crippen molar-refractivity contribution in [2.24, 2.45) is 0 Å². The van der Waals surface area contributed by atoms with Crippen LogP contribution in [0.3, 0.4) is 0 Å². The molecule has 9 nitrogen and oxygen atoms in total. The van der Waals surface area contributed by atoms with E-state index in [1.165, 1.54) is 12.8 Å². The minimum atomic E-state index is 0.118. The molecule has 3 aliphatic rings. The van der Waals surface area contributed by atoms with Crippen molar-refractivity contribution in [3.63, 3.8) is 0 Å². The smallest absolute Gasteiger partial charge is 0.141 e. The molecule has 3 aliphatic heterocycles. The van der Waals surface area contributed by atoms with Gasteiger partial charge in [0.2, 0.25) is 0 Å². The van der Waals surface area contributed by atoms with Crippen LogP contribution in [0, 0.1) is 11.3 Å². The van der Waals surface area contributed by atoms with Crippen molar-refractivity contribution in [3.05, 3.63) is 18.3 Å². The van der Waals surface area contributed by atoms with Gasteiger partial charge in [-0.05, 0) is 45.1 Å². The summed E-state index contributed by atoms with van der Waals surface area (Å²) in [6.07, 6.45) is 8.04. The van der Waals surface area contributed by atoms with Gasteiger partial charge < -0.3 is 15.4 Å². The summed E-state index contributed by atoms with van der Waals surface area (Å²) in [7, 11) is 1.69. The van der Waals surface area contributed by atoms with E-state index in [1.54, 1.807) is 13.3 Å². The third-order valence-corrected chi connectivity index (χ3v) is 7.03. The molecule has 3 saturated heterocycles. The second-order valence-corrected chi connectivity index (χ2v) is 9.23. The summed E-state index contributed by atoms with van der Waals surface area (Å²) in [5, 5.41) is 17.2. The van der Waals surface area contributed by atoms with Crippen molar-refractivity contribution in [1.82, 2.24) is 25.7 Å². The van der Waals surface area contributed by atoms with Crippen molar-refractivity contribution >= 4 is 22.5 Å². The maximum absolute atomic E-state index is 9.00. The van der Waals surface area contributed by atoms with Gasteiger partial charge >= 0.3 is 0 Å². The van der Waals surface area contributed by atoms with Gasteiger partial charge in [-0.25, -0.2) is 10.4 Å². The highest BCUT2D eigenvalue weighted by atomic mass is 16.5. The Hall–Kier alpha value is -2.67. The minimum absolute atomic E-state index is 0.118. The molecule has 0 radical (unpaired) electrons. The molecule has 2 aromatic rings. The number of hydrogen-bond acceptors (Lipinski definition) is 9. The molecule has 2 aromatic heterocycles. The zero-order chi connectivity index (χ0) is 22.1. The number of hydrazine groups is 1. The predicted octanol–water partition coefficient (Wildman–Crippen LogP) is 2.58. The first-order valence-corrected chi connectivity index (χ1v) is 11.6. The van der Waals surface area contributed by atoms with E-state index >= 15 is 0 Å². The third-order valence-electron chi connectivity index (χ3n) is 7.03. The Balaban J connectivity index is 1.40. The number of anilines is 2. The highest BCUT2D eigenvalue weighted by Gasteiger charge is 2.40. The van der Waals surface area contributed by atoms with Crippen molar-refractivity contribution in [1.29, 1.82) is 5.26 Å². The summed E-state index contributed by atoms with van der Waals surface area (Å²) in [5.74, 6) is 2.40. The van der Waals surface area contributed by atoms with Gasteiger partial charge in [0.05, 0.1) is 30.2 Å². The van der Waals surface area contributed by atoms with E-state index in [9.17, 15) is 0 Å². The largest absolute Gasteiger partial charge is 0.496 e. The number of hydrogen-bond donors (Lipinski definition) is 4. The number of piperidine rings is 1. The van der Waals surface area contributed by atoms with Crippen molar-refractivity contribution in [3.8, 4) is 11.8 Å². The number of nitrogens with one attached hydrogen (secondary N) is 4. The number of nitriles is 1. The zero-order valence-corrected chi connectivity index (χ0v) is 18.8. The van der Waals surface area contributed by atoms with E-state index in [1.807, 2.05) is 12.1 Å². The predicted molar refractivity (Wildman–Crippen MR) is 124 cm³/mol. The zero-order valence-electron chi connectivity index (χ0n) is 18.8.